The maximum atomic E-state index is 10.1. The fourth-order valence-electron chi connectivity index (χ4n) is 3.51. The fraction of sp³-hybridized carbons (Fsp3) is 0.526. The van der Waals surface area contributed by atoms with Gasteiger partial charge in [0.1, 0.15) is 11.5 Å². The van der Waals surface area contributed by atoms with Gasteiger partial charge in [-0.3, -0.25) is 4.90 Å². The molecule has 1 atom stereocenters. The fourth-order valence-corrected chi connectivity index (χ4v) is 3.51. The summed E-state index contributed by atoms with van der Waals surface area (Å²) in [6, 6.07) is 6.01. The smallest absolute Gasteiger partial charge is 0.200 e. The molecule has 0 amide bonds. The molecule has 6 nitrogen and oxygen atoms in total. The molecule has 0 aliphatic carbocycles. The summed E-state index contributed by atoms with van der Waals surface area (Å²) in [6.07, 6.45) is 4.65. The summed E-state index contributed by atoms with van der Waals surface area (Å²) >= 11 is 0. The molecule has 25 heavy (non-hydrogen) atoms. The minimum absolute atomic E-state index is 0.0355. The van der Waals surface area contributed by atoms with E-state index in [1.165, 1.54) is 19.3 Å². The first-order valence-electron chi connectivity index (χ1n) is 8.73. The van der Waals surface area contributed by atoms with E-state index in [2.05, 4.69) is 10.1 Å². The van der Waals surface area contributed by atoms with E-state index in [4.69, 9.17) is 14.0 Å². The first-order chi connectivity index (χ1) is 12.1. The van der Waals surface area contributed by atoms with Crippen LogP contribution in [0.15, 0.2) is 22.7 Å². The van der Waals surface area contributed by atoms with Crippen molar-refractivity contribution in [3.05, 3.63) is 35.2 Å². The molecule has 2 aromatic rings. The number of likely N-dealkylation sites (tertiary alicyclic amines) is 1. The van der Waals surface area contributed by atoms with E-state index in [0.29, 0.717) is 11.5 Å². The summed E-state index contributed by atoms with van der Waals surface area (Å²) < 4.78 is 15.9. The van der Waals surface area contributed by atoms with Crippen molar-refractivity contribution in [3.63, 3.8) is 0 Å². The third-order valence-corrected chi connectivity index (χ3v) is 4.78. The van der Waals surface area contributed by atoms with E-state index in [9.17, 15) is 5.11 Å². The minimum Gasteiger partial charge on any atom is -0.502 e. The van der Waals surface area contributed by atoms with E-state index >= 15 is 0 Å². The molecule has 1 N–H and O–H groups in total. The van der Waals surface area contributed by atoms with Crippen LogP contribution in [0.25, 0.3) is 0 Å². The summed E-state index contributed by atoms with van der Waals surface area (Å²) in [7, 11) is 3.09. The van der Waals surface area contributed by atoms with E-state index in [1.54, 1.807) is 14.2 Å². The molecule has 1 unspecified atom stereocenters. The molecule has 1 aliphatic heterocycles. The lowest BCUT2D eigenvalue weighted by atomic mass is 10.1. The zero-order chi connectivity index (χ0) is 17.8. The Labute approximate surface area is 148 Å². The second-order valence-corrected chi connectivity index (χ2v) is 6.55. The number of aromatic nitrogens is 1. The average Bonchev–Trinajstić information content (AvgIpc) is 2.91. The molecule has 1 aliphatic rings. The van der Waals surface area contributed by atoms with Crippen LogP contribution >= 0.6 is 0 Å². The molecule has 1 saturated heterocycles. The van der Waals surface area contributed by atoms with Gasteiger partial charge in [0, 0.05) is 12.6 Å². The van der Waals surface area contributed by atoms with Crippen molar-refractivity contribution in [1.29, 1.82) is 0 Å². The Morgan fingerprint density at radius 3 is 2.48 bits per heavy atom. The molecule has 0 radical (unpaired) electrons. The van der Waals surface area contributed by atoms with Crippen LogP contribution < -0.4 is 9.47 Å². The minimum atomic E-state index is 0.0355. The van der Waals surface area contributed by atoms with Gasteiger partial charge in [0.15, 0.2) is 11.5 Å². The molecular formula is C19H26N2O4. The SMILES string of the molecule is COc1cc(CN2CCCCCC2c2cc(C)on2)cc(OC)c1O. The molecule has 1 aromatic carbocycles. The van der Waals surface area contributed by atoms with Crippen molar-refractivity contribution in [2.45, 2.75) is 45.2 Å². The largest absolute Gasteiger partial charge is 0.502 e. The number of hydrogen-bond acceptors (Lipinski definition) is 6. The topological polar surface area (TPSA) is 68.0 Å². The van der Waals surface area contributed by atoms with Crippen molar-refractivity contribution in [2.24, 2.45) is 0 Å². The Kier molecular flexibility index (Phi) is 5.48. The van der Waals surface area contributed by atoms with Crippen molar-refractivity contribution in [3.8, 4) is 17.2 Å². The van der Waals surface area contributed by atoms with Gasteiger partial charge in [0.05, 0.1) is 20.3 Å². The Morgan fingerprint density at radius 2 is 1.88 bits per heavy atom. The molecule has 0 spiro atoms. The van der Waals surface area contributed by atoms with Gasteiger partial charge < -0.3 is 19.1 Å². The van der Waals surface area contributed by atoms with Crippen LogP contribution in [0.3, 0.4) is 0 Å². The number of aromatic hydroxyl groups is 1. The van der Waals surface area contributed by atoms with Crippen molar-refractivity contribution in [1.82, 2.24) is 10.1 Å². The molecule has 2 heterocycles. The molecule has 1 fully saturated rings. The number of phenols is 1. The summed E-state index contributed by atoms with van der Waals surface area (Å²) in [4.78, 5) is 2.43. The molecule has 1 aromatic heterocycles. The maximum Gasteiger partial charge on any atom is 0.200 e. The normalized spacial score (nSPS) is 18.8. The Hall–Kier alpha value is -2.21. The van der Waals surface area contributed by atoms with Crippen molar-refractivity contribution >= 4 is 0 Å². The molecule has 0 saturated carbocycles. The van der Waals surface area contributed by atoms with Gasteiger partial charge in [0.25, 0.3) is 0 Å². The summed E-state index contributed by atoms with van der Waals surface area (Å²) in [5.41, 5.74) is 2.04. The monoisotopic (exact) mass is 346 g/mol. The predicted octanol–water partition coefficient (Wildman–Crippen LogP) is 3.82. The molecule has 0 bridgehead atoms. The third kappa shape index (κ3) is 3.90. The second-order valence-electron chi connectivity index (χ2n) is 6.55. The van der Waals surface area contributed by atoms with Gasteiger partial charge in [-0.15, -0.1) is 0 Å². The van der Waals surface area contributed by atoms with E-state index in [-0.39, 0.29) is 11.8 Å². The van der Waals surface area contributed by atoms with Gasteiger partial charge in [0.2, 0.25) is 5.75 Å². The van der Waals surface area contributed by atoms with Gasteiger partial charge in [-0.2, -0.15) is 0 Å². The van der Waals surface area contributed by atoms with Crippen LogP contribution in [0, 0.1) is 6.92 Å². The van der Waals surface area contributed by atoms with Gasteiger partial charge in [-0.25, -0.2) is 0 Å². The highest BCUT2D eigenvalue weighted by Crippen LogP contribution is 2.38. The van der Waals surface area contributed by atoms with Crippen LogP contribution in [-0.4, -0.2) is 35.9 Å². The number of phenolic OH excluding ortho intramolecular Hbond substituents is 1. The lowest BCUT2D eigenvalue weighted by Crippen LogP contribution is -2.28. The lowest BCUT2D eigenvalue weighted by Gasteiger charge is -2.28. The highest BCUT2D eigenvalue weighted by Gasteiger charge is 2.26. The predicted molar refractivity (Wildman–Crippen MR) is 94.1 cm³/mol. The molecule has 136 valence electrons. The van der Waals surface area contributed by atoms with Crippen LogP contribution in [-0.2, 0) is 6.54 Å². The van der Waals surface area contributed by atoms with E-state index in [1.807, 2.05) is 25.1 Å². The van der Waals surface area contributed by atoms with Crippen LogP contribution in [0.5, 0.6) is 17.2 Å². The number of benzene rings is 1. The molecular weight excluding hydrogens is 320 g/mol. The number of rotatable bonds is 5. The highest BCUT2D eigenvalue weighted by molar-refractivity contribution is 5.52. The van der Waals surface area contributed by atoms with E-state index < -0.39 is 0 Å². The number of methoxy groups -OCH3 is 2. The van der Waals surface area contributed by atoms with Gasteiger partial charge >= 0.3 is 0 Å². The standard InChI is InChI=1S/C19H26N2O4/c1-13-9-15(20-25-13)16-7-5-4-6-8-21(16)12-14-10-17(23-2)19(22)18(11-14)24-3/h9-11,16,22H,4-8,12H2,1-3H3. The molecule has 6 heteroatoms. The first kappa shape index (κ1) is 17.6. The van der Waals surface area contributed by atoms with Crippen molar-refractivity contribution in [2.75, 3.05) is 20.8 Å². The van der Waals surface area contributed by atoms with Gasteiger partial charge in [-0.05, 0) is 44.0 Å². The van der Waals surface area contributed by atoms with Crippen LogP contribution in [0.2, 0.25) is 0 Å². The molecule has 3 rings (SSSR count). The number of ether oxygens (including phenoxy) is 2. The van der Waals surface area contributed by atoms with E-state index in [0.717, 1.165) is 36.5 Å². The third-order valence-electron chi connectivity index (χ3n) is 4.78. The number of nitrogens with zero attached hydrogens (tertiary/aromatic N) is 2. The van der Waals surface area contributed by atoms with Crippen LogP contribution in [0.4, 0.5) is 0 Å². The Bertz CT molecular complexity index is 688. The number of hydrogen-bond donors (Lipinski definition) is 1. The lowest BCUT2D eigenvalue weighted by molar-refractivity contribution is 0.183. The van der Waals surface area contributed by atoms with Gasteiger partial charge in [-0.1, -0.05) is 18.0 Å². The Morgan fingerprint density at radius 1 is 1.16 bits per heavy atom. The zero-order valence-corrected chi connectivity index (χ0v) is 15.1. The number of aryl methyl sites for hydroxylation is 1. The first-order valence-corrected chi connectivity index (χ1v) is 8.73. The summed E-state index contributed by atoms with van der Waals surface area (Å²) in [5.74, 6) is 1.73. The zero-order valence-electron chi connectivity index (χ0n) is 15.1. The Balaban J connectivity index is 1.88. The maximum absolute atomic E-state index is 10.1. The van der Waals surface area contributed by atoms with Crippen LogP contribution in [0.1, 0.15) is 48.7 Å². The summed E-state index contributed by atoms with van der Waals surface area (Å²) in [6.45, 7) is 3.67. The highest BCUT2D eigenvalue weighted by atomic mass is 16.5. The van der Waals surface area contributed by atoms with Crippen molar-refractivity contribution < 1.29 is 19.1 Å². The summed E-state index contributed by atoms with van der Waals surface area (Å²) in [5, 5.41) is 14.4. The second kappa shape index (κ2) is 7.78. The average molecular weight is 346 g/mol. The quantitative estimate of drug-likeness (QED) is 0.887.